The summed E-state index contributed by atoms with van der Waals surface area (Å²) >= 11 is 1.51. The van der Waals surface area contributed by atoms with E-state index in [-0.39, 0.29) is 11.7 Å². The summed E-state index contributed by atoms with van der Waals surface area (Å²) in [6.45, 7) is 7.92. The average molecular weight is 493 g/mol. The van der Waals surface area contributed by atoms with Crippen molar-refractivity contribution in [3.05, 3.63) is 81.4 Å². The highest BCUT2D eigenvalue weighted by atomic mass is 32.1. The lowest BCUT2D eigenvalue weighted by molar-refractivity contribution is 0.0997. The molecule has 1 atom stereocenters. The number of aromatic nitrogens is 2. The number of anilines is 2. The van der Waals surface area contributed by atoms with Crippen molar-refractivity contribution in [1.29, 1.82) is 0 Å². The van der Waals surface area contributed by atoms with Crippen LogP contribution in [0.2, 0.25) is 0 Å². The number of aryl methyl sites for hydroxylation is 3. The normalized spacial score (nSPS) is 11.7. The molecule has 8 nitrogen and oxygen atoms in total. The van der Waals surface area contributed by atoms with E-state index in [1.807, 2.05) is 52.0 Å². The quantitative estimate of drug-likeness (QED) is 0.319. The minimum atomic E-state index is -0.422. The molecule has 0 fully saturated rings. The lowest BCUT2D eigenvalue weighted by atomic mass is 9.95. The standard InChI is InChI=1S/C26H28N4O4S/c1-14-12-15(2)28-26(27-14)29-23(19-10-9-18(32-5)13-21(19)33-6)22-16(3)17(4)35-25(22)30-24(31)20-8-7-11-34-20/h7-13,23H,1-6H3,(H,30,31)(H,27,28,29)/t23-/m0/s1. The van der Waals surface area contributed by atoms with E-state index in [1.165, 1.54) is 17.6 Å². The van der Waals surface area contributed by atoms with Gasteiger partial charge in [0.2, 0.25) is 5.95 Å². The number of nitrogens with zero attached hydrogens (tertiary/aromatic N) is 2. The van der Waals surface area contributed by atoms with Crippen LogP contribution in [-0.2, 0) is 0 Å². The van der Waals surface area contributed by atoms with Gasteiger partial charge in [-0.2, -0.15) is 0 Å². The number of amides is 1. The minimum absolute atomic E-state index is 0.240. The van der Waals surface area contributed by atoms with Crippen LogP contribution in [0.1, 0.15) is 49.6 Å². The van der Waals surface area contributed by atoms with Gasteiger partial charge in [0.15, 0.2) is 5.76 Å². The van der Waals surface area contributed by atoms with Crippen LogP contribution in [0.3, 0.4) is 0 Å². The fourth-order valence-electron chi connectivity index (χ4n) is 3.94. The van der Waals surface area contributed by atoms with Gasteiger partial charge in [-0.15, -0.1) is 11.3 Å². The summed E-state index contributed by atoms with van der Waals surface area (Å²) in [5.41, 5.74) is 4.50. The first-order valence-corrected chi connectivity index (χ1v) is 11.9. The van der Waals surface area contributed by atoms with E-state index in [1.54, 1.807) is 26.4 Å². The molecule has 3 aromatic heterocycles. The van der Waals surface area contributed by atoms with Crippen molar-refractivity contribution in [2.24, 2.45) is 0 Å². The maximum absolute atomic E-state index is 12.9. The lowest BCUT2D eigenvalue weighted by Gasteiger charge is -2.24. The number of rotatable bonds is 8. The van der Waals surface area contributed by atoms with Gasteiger partial charge in [0.05, 0.1) is 26.5 Å². The van der Waals surface area contributed by atoms with Crippen molar-refractivity contribution in [3.63, 3.8) is 0 Å². The summed E-state index contributed by atoms with van der Waals surface area (Å²) in [5.74, 6) is 1.72. The molecule has 35 heavy (non-hydrogen) atoms. The van der Waals surface area contributed by atoms with E-state index in [2.05, 4.69) is 20.6 Å². The minimum Gasteiger partial charge on any atom is -0.497 e. The Morgan fingerprint density at radius 3 is 2.40 bits per heavy atom. The van der Waals surface area contributed by atoms with Gasteiger partial charge in [0.1, 0.15) is 16.5 Å². The molecule has 0 aliphatic heterocycles. The zero-order chi connectivity index (χ0) is 25.1. The van der Waals surface area contributed by atoms with Crippen LogP contribution in [0.25, 0.3) is 0 Å². The molecule has 0 saturated heterocycles. The Kier molecular flexibility index (Phi) is 7.07. The van der Waals surface area contributed by atoms with Crippen molar-refractivity contribution >= 4 is 28.2 Å². The topological polar surface area (TPSA) is 98.5 Å². The van der Waals surface area contributed by atoms with E-state index in [4.69, 9.17) is 13.9 Å². The third-order valence-corrected chi connectivity index (χ3v) is 6.84. The maximum Gasteiger partial charge on any atom is 0.291 e. The first-order chi connectivity index (χ1) is 16.8. The highest BCUT2D eigenvalue weighted by Gasteiger charge is 2.28. The van der Waals surface area contributed by atoms with Crippen molar-refractivity contribution in [2.45, 2.75) is 33.7 Å². The van der Waals surface area contributed by atoms with E-state index in [0.29, 0.717) is 22.4 Å². The van der Waals surface area contributed by atoms with Crippen LogP contribution in [0.5, 0.6) is 11.5 Å². The first kappa shape index (κ1) is 24.3. The Morgan fingerprint density at radius 1 is 1.03 bits per heavy atom. The van der Waals surface area contributed by atoms with Gasteiger partial charge >= 0.3 is 0 Å². The molecule has 4 aromatic rings. The summed E-state index contributed by atoms with van der Waals surface area (Å²) < 4.78 is 16.4. The second-order valence-electron chi connectivity index (χ2n) is 8.12. The molecule has 0 aliphatic carbocycles. The number of methoxy groups -OCH3 is 2. The van der Waals surface area contributed by atoms with Crippen LogP contribution in [0.15, 0.2) is 47.1 Å². The van der Waals surface area contributed by atoms with Crippen LogP contribution >= 0.6 is 11.3 Å². The molecule has 0 saturated carbocycles. The van der Waals surface area contributed by atoms with E-state index < -0.39 is 6.04 Å². The fourth-order valence-corrected chi connectivity index (χ4v) is 5.03. The molecule has 182 valence electrons. The van der Waals surface area contributed by atoms with E-state index in [9.17, 15) is 4.79 Å². The van der Waals surface area contributed by atoms with Gasteiger partial charge in [-0.3, -0.25) is 4.79 Å². The van der Waals surface area contributed by atoms with Crippen LogP contribution < -0.4 is 20.1 Å². The van der Waals surface area contributed by atoms with Crippen molar-refractivity contribution < 1.29 is 18.7 Å². The largest absolute Gasteiger partial charge is 0.497 e. The number of thiophene rings is 1. The predicted octanol–water partition coefficient (Wildman–Crippen LogP) is 5.84. The van der Waals surface area contributed by atoms with Gasteiger partial charge in [0.25, 0.3) is 5.91 Å². The molecule has 0 unspecified atom stereocenters. The van der Waals surface area contributed by atoms with Crippen molar-refractivity contribution in [2.75, 3.05) is 24.9 Å². The van der Waals surface area contributed by atoms with Crippen LogP contribution in [0.4, 0.5) is 10.9 Å². The molecule has 1 aromatic carbocycles. The second kappa shape index (κ2) is 10.2. The van der Waals surface area contributed by atoms with E-state index in [0.717, 1.165) is 33.0 Å². The Morgan fingerprint density at radius 2 is 1.77 bits per heavy atom. The average Bonchev–Trinajstić information content (AvgIpc) is 3.45. The Balaban J connectivity index is 1.86. The zero-order valence-corrected chi connectivity index (χ0v) is 21.4. The highest BCUT2D eigenvalue weighted by Crippen LogP contribution is 2.43. The van der Waals surface area contributed by atoms with Gasteiger partial charge in [0, 0.05) is 33.5 Å². The lowest BCUT2D eigenvalue weighted by Crippen LogP contribution is -2.19. The molecule has 9 heteroatoms. The Labute approximate surface area is 208 Å². The number of benzene rings is 1. The SMILES string of the molecule is COc1ccc([C@H](Nc2nc(C)cc(C)n2)c2c(NC(=O)c3ccco3)sc(C)c2C)c(OC)c1. The third kappa shape index (κ3) is 5.14. The van der Waals surface area contributed by atoms with Crippen molar-refractivity contribution in [1.82, 2.24) is 9.97 Å². The molecule has 3 heterocycles. The summed E-state index contributed by atoms with van der Waals surface area (Å²) in [5, 5.41) is 7.24. The second-order valence-corrected chi connectivity index (χ2v) is 9.34. The van der Waals surface area contributed by atoms with Gasteiger partial charge in [-0.25, -0.2) is 9.97 Å². The number of hydrogen-bond donors (Lipinski definition) is 2. The highest BCUT2D eigenvalue weighted by molar-refractivity contribution is 7.16. The smallest absolute Gasteiger partial charge is 0.291 e. The Bertz CT molecular complexity index is 1330. The number of ether oxygens (including phenoxy) is 2. The number of carbonyl (C=O) groups is 1. The summed E-state index contributed by atoms with van der Waals surface area (Å²) in [4.78, 5) is 23.1. The zero-order valence-electron chi connectivity index (χ0n) is 20.6. The molecule has 4 rings (SSSR count). The summed E-state index contributed by atoms with van der Waals surface area (Å²) in [6.07, 6.45) is 1.48. The first-order valence-electron chi connectivity index (χ1n) is 11.1. The maximum atomic E-state index is 12.9. The molecule has 0 aliphatic rings. The predicted molar refractivity (Wildman–Crippen MR) is 137 cm³/mol. The summed E-state index contributed by atoms with van der Waals surface area (Å²) in [6, 6.07) is 10.5. The number of hydrogen-bond acceptors (Lipinski definition) is 8. The van der Waals surface area contributed by atoms with Gasteiger partial charge in [-0.05, 0) is 63.6 Å². The molecule has 0 bridgehead atoms. The van der Waals surface area contributed by atoms with Crippen LogP contribution in [-0.4, -0.2) is 30.1 Å². The van der Waals surface area contributed by atoms with Crippen LogP contribution in [0, 0.1) is 27.7 Å². The number of nitrogens with one attached hydrogen (secondary N) is 2. The molecular weight excluding hydrogens is 464 g/mol. The third-order valence-electron chi connectivity index (χ3n) is 5.70. The van der Waals surface area contributed by atoms with Gasteiger partial charge < -0.3 is 24.5 Å². The molecule has 0 radical (unpaired) electrons. The van der Waals surface area contributed by atoms with E-state index >= 15 is 0 Å². The summed E-state index contributed by atoms with van der Waals surface area (Å²) in [7, 11) is 3.23. The molecule has 2 N–H and O–H groups in total. The molecule has 1 amide bonds. The number of carbonyl (C=O) groups excluding carboxylic acids is 1. The Hall–Kier alpha value is -3.85. The number of furan rings is 1. The fraction of sp³-hybridized carbons (Fsp3) is 0.269. The van der Waals surface area contributed by atoms with Crippen molar-refractivity contribution in [3.8, 4) is 11.5 Å². The monoisotopic (exact) mass is 492 g/mol. The molecule has 0 spiro atoms. The molecular formula is C26H28N4O4S. The van der Waals surface area contributed by atoms with Gasteiger partial charge in [-0.1, -0.05) is 0 Å².